The Morgan fingerprint density at radius 3 is 2.79 bits per heavy atom. The molecule has 0 unspecified atom stereocenters. The highest BCUT2D eigenvalue weighted by atomic mass is 35.5. The van der Waals surface area contributed by atoms with E-state index in [4.69, 9.17) is 37.9 Å². The van der Waals surface area contributed by atoms with Crippen LogP contribution in [0.25, 0.3) is 10.9 Å². The number of ether oxygens (including phenoxy) is 2. The molecular weight excluding hydrogens is 287 g/mol. The minimum atomic E-state index is 0.325. The largest absolute Gasteiger partial charge is 0.493 e. The van der Waals surface area contributed by atoms with E-state index in [0.717, 1.165) is 0 Å². The third kappa shape index (κ3) is 2.67. The van der Waals surface area contributed by atoms with E-state index < -0.39 is 0 Å². The Bertz CT molecular complexity index is 653. The summed E-state index contributed by atoms with van der Waals surface area (Å²) < 4.78 is 10.7. The summed E-state index contributed by atoms with van der Waals surface area (Å²) >= 11 is 11.7. The van der Waals surface area contributed by atoms with Gasteiger partial charge < -0.3 is 9.47 Å². The van der Waals surface area contributed by atoms with E-state index in [1.165, 1.54) is 13.3 Å². The quantitative estimate of drug-likeness (QED) is 0.812. The van der Waals surface area contributed by atoms with Crippen molar-refractivity contribution in [1.82, 2.24) is 4.98 Å². The standard InChI is InChI=1S/C13H10Cl2N2O2/c1-18-11-4-9-10(5-12(11)19-3-2-14)17-7-8(6-16)13(9)15/h4-5,7H,2-3H2,1H3. The number of aromatic nitrogens is 1. The average molecular weight is 297 g/mol. The Kier molecular flexibility index (Phi) is 4.31. The number of hydrogen-bond donors (Lipinski definition) is 0. The van der Waals surface area contributed by atoms with Crippen LogP contribution in [0.4, 0.5) is 0 Å². The molecule has 1 aromatic heterocycles. The van der Waals surface area contributed by atoms with E-state index in [0.29, 0.717) is 45.5 Å². The fourth-order valence-electron chi connectivity index (χ4n) is 1.67. The van der Waals surface area contributed by atoms with Crippen molar-refractivity contribution in [2.75, 3.05) is 19.6 Å². The highest BCUT2D eigenvalue weighted by Gasteiger charge is 2.12. The molecule has 1 aromatic carbocycles. The highest BCUT2D eigenvalue weighted by molar-refractivity contribution is 6.36. The maximum absolute atomic E-state index is 8.93. The zero-order valence-corrected chi connectivity index (χ0v) is 11.6. The van der Waals surface area contributed by atoms with Gasteiger partial charge in [0, 0.05) is 17.6 Å². The summed E-state index contributed by atoms with van der Waals surface area (Å²) in [6.07, 6.45) is 1.43. The second-order valence-corrected chi connectivity index (χ2v) is 4.41. The molecule has 0 bridgehead atoms. The van der Waals surface area contributed by atoms with E-state index in [1.807, 2.05) is 6.07 Å². The number of methoxy groups -OCH3 is 1. The smallest absolute Gasteiger partial charge is 0.163 e. The molecule has 6 heteroatoms. The highest BCUT2D eigenvalue weighted by Crippen LogP contribution is 2.35. The zero-order chi connectivity index (χ0) is 13.8. The van der Waals surface area contributed by atoms with Gasteiger partial charge in [-0.3, -0.25) is 4.98 Å². The van der Waals surface area contributed by atoms with Crippen molar-refractivity contribution >= 4 is 34.1 Å². The maximum atomic E-state index is 8.93. The Hall–Kier alpha value is -1.70. The molecule has 0 amide bonds. The molecule has 0 saturated heterocycles. The Morgan fingerprint density at radius 1 is 1.37 bits per heavy atom. The van der Waals surface area contributed by atoms with Crippen molar-refractivity contribution in [3.05, 3.63) is 28.9 Å². The molecule has 0 aliphatic heterocycles. The van der Waals surface area contributed by atoms with Gasteiger partial charge in [-0.2, -0.15) is 5.26 Å². The van der Waals surface area contributed by atoms with Crippen molar-refractivity contribution in [2.45, 2.75) is 0 Å². The molecule has 0 radical (unpaired) electrons. The lowest BCUT2D eigenvalue weighted by Gasteiger charge is -2.11. The maximum Gasteiger partial charge on any atom is 0.163 e. The van der Waals surface area contributed by atoms with Gasteiger partial charge in [0.2, 0.25) is 0 Å². The second kappa shape index (κ2) is 5.96. The van der Waals surface area contributed by atoms with Gasteiger partial charge in [0.1, 0.15) is 12.7 Å². The lowest BCUT2D eigenvalue weighted by molar-refractivity contribution is 0.313. The van der Waals surface area contributed by atoms with E-state index in [2.05, 4.69) is 4.98 Å². The number of rotatable bonds is 4. The van der Waals surface area contributed by atoms with Crippen LogP contribution in [-0.2, 0) is 0 Å². The molecule has 2 aromatic rings. The molecule has 0 atom stereocenters. The minimum Gasteiger partial charge on any atom is -0.493 e. The third-order valence-corrected chi connectivity index (χ3v) is 3.10. The van der Waals surface area contributed by atoms with Crippen molar-refractivity contribution in [2.24, 2.45) is 0 Å². The normalized spacial score (nSPS) is 10.2. The third-order valence-electron chi connectivity index (χ3n) is 2.54. The van der Waals surface area contributed by atoms with Gasteiger partial charge >= 0.3 is 0 Å². The first-order valence-corrected chi connectivity index (χ1v) is 6.37. The predicted molar refractivity (Wildman–Crippen MR) is 74.2 cm³/mol. The number of nitrogens with zero attached hydrogens (tertiary/aromatic N) is 2. The van der Waals surface area contributed by atoms with Crippen LogP contribution >= 0.6 is 23.2 Å². The zero-order valence-electron chi connectivity index (χ0n) is 10.1. The lowest BCUT2D eigenvalue weighted by Crippen LogP contribution is -2.00. The number of benzene rings is 1. The molecule has 0 N–H and O–H groups in total. The Labute approximate surface area is 120 Å². The number of nitriles is 1. The molecule has 98 valence electrons. The molecule has 0 aliphatic carbocycles. The van der Waals surface area contributed by atoms with Crippen LogP contribution < -0.4 is 9.47 Å². The van der Waals surface area contributed by atoms with E-state index in [9.17, 15) is 0 Å². The number of pyridine rings is 1. The molecule has 19 heavy (non-hydrogen) atoms. The summed E-state index contributed by atoms with van der Waals surface area (Å²) in [7, 11) is 1.53. The predicted octanol–water partition coefficient (Wildman–Crippen LogP) is 3.39. The summed E-state index contributed by atoms with van der Waals surface area (Å²) in [6.45, 7) is 0.368. The van der Waals surface area contributed by atoms with Crippen LogP contribution in [0.5, 0.6) is 11.5 Å². The van der Waals surface area contributed by atoms with Gasteiger partial charge in [-0.15, -0.1) is 11.6 Å². The Balaban J connectivity index is 2.60. The molecule has 0 spiro atoms. The van der Waals surface area contributed by atoms with Gasteiger partial charge in [0.25, 0.3) is 0 Å². The first-order valence-electron chi connectivity index (χ1n) is 5.46. The van der Waals surface area contributed by atoms with Gasteiger partial charge in [-0.05, 0) is 6.07 Å². The van der Waals surface area contributed by atoms with Crippen molar-refractivity contribution in [3.63, 3.8) is 0 Å². The van der Waals surface area contributed by atoms with Crippen LogP contribution in [0.15, 0.2) is 18.3 Å². The van der Waals surface area contributed by atoms with Gasteiger partial charge in [-0.1, -0.05) is 11.6 Å². The van der Waals surface area contributed by atoms with Gasteiger partial charge in [0.15, 0.2) is 11.5 Å². The van der Waals surface area contributed by atoms with Crippen LogP contribution in [0, 0.1) is 11.3 Å². The van der Waals surface area contributed by atoms with Crippen molar-refractivity contribution < 1.29 is 9.47 Å². The molecule has 1 heterocycles. The number of fused-ring (bicyclic) bond motifs is 1. The van der Waals surface area contributed by atoms with Crippen LogP contribution in [0.2, 0.25) is 5.02 Å². The lowest BCUT2D eigenvalue weighted by atomic mass is 10.1. The van der Waals surface area contributed by atoms with Gasteiger partial charge in [-0.25, -0.2) is 0 Å². The van der Waals surface area contributed by atoms with E-state index in [1.54, 1.807) is 12.1 Å². The Morgan fingerprint density at radius 2 is 2.16 bits per heavy atom. The molecule has 0 saturated carbocycles. The molecule has 0 fully saturated rings. The van der Waals surface area contributed by atoms with Crippen LogP contribution in [0.1, 0.15) is 5.56 Å². The van der Waals surface area contributed by atoms with E-state index >= 15 is 0 Å². The minimum absolute atomic E-state index is 0.325. The first-order chi connectivity index (χ1) is 9.21. The van der Waals surface area contributed by atoms with Crippen molar-refractivity contribution in [1.29, 1.82) is 5.26 Å². The first kappa shape index (κ1) is 13.7. The number of alkyl halides is 1. The fraction of sp³-hybridized carbons (Fsp3) is 0.231. The molecule has 4 nitrogen and oxygen atoms in total. The summed E-state index contributed by atoms with van der Waals surface area (Å²) in [5.41, 5.74) is 0.958. The number of halogens is 2. The summed E-state index contributed by atoms with van der Waals surface area (Å²) in [6, 6.07) is 5.41. The van der Waals surface area contributed by atoms with Crippen LogP contribution in [0.3, 0.4) is 0 Å². The fourth-order valence-corrected chi connectivity index (χ4v) is 1.99. The topological polar surface area (TPSA) is 55.1 Å². The average Bonchev–Trinajstić information content (AvgIpc) is 2.44. The van der Waals surface area contributed by atoms with Crippen LogP contribution in [-0.4, -0.2) is 24.6 Å². The second-order valence-electron chi connectivity index (χ2n) is 3.66. The monoisotopic (exact) mass is 296 g/mol. The molecule has 2 rings (SSSR count). The van der Waals surface area contributed by atoms with Crippen molar-refractivity contribution in [3.8, 4) is 17.6 Å². The SMILES string of the molecule is COc1cc2c(Cl)c(C#N)cnc2cc1OCCCl. The molecular formula is C13H10Cl2N2O2. The number of hydrogen-bond acceptors (Lipinski definition) is 4. The summed E-state index contributed by atoms with van der Waals surface area (Å²) in [5, 5.41) is 9.94. The summed E-state index contributed by atoms with van der Waals surface area (Å²) in [5.74, 6) is 1.45. The molecule has 0 aliphatic rings. The van der Waals surface area contributed by atoms with E-state index in [-0.39, 0.29) is 0 Å². The van der Waals surface area contributed by atoms with Gasteiger partial charge in [0.05, 0.1) is 29.1 Å². The summed E-state index contributed by atoms with van der Waals surface area (Å²) in [4.78, 5) is 4.18.